The summed E-state index contributed by atoms with van der Waals surface area (Å²) >= 11 is 0. The van der Waals surface area contributed by atoms with Gasteiger partial charge in [0.05, 0.1) is 7.11 Å². The summed E-state index contributed by atoms with van der Waals surface area (Å²) < 4.78 is 32.8. The third-order valence-corrected chi connectivity index (χ3v) is 4.66. The molecule has 0 aromatic heterocycles. The minimum atomic E-state index is -0.660. The summed E-state index contributed by atoms with van der Waals surface area (Å²) in [6, 6.07) is 8.21. The lowest BCUT2D eigenvalue weighted by Crippen LogP contribution is -2.48. The maximum Gasteiger partial charge on any atom is 0.251 e. The molecule has 27 heavy (non-hydrogen) atoms. The maximum absolute atomic E-state index is 14.2. The lowest BCUT2D eigenvalue weighted by Gasteiger charge is -2.30. The van der Waals surface area contributed by atoms with Crippen molar-refractivity contribution in [3.8, 4) is 16.9 Å². The Hall–Kier alpha value is -2.96. The van der Waals surface area contributed by atoms with E-state index in [2.05, 4.69) is 5.32 Å². The summed E-state index contributed by atoms with van der Waals surface area (Å²) in [6.45, 7) is 0.471. The van der Waals surface area contributed by atoms with Crippen molar-refractivity contribution in [2.45, 2.75) is 18.9 Å². The second kappa shape index (κ2) is 7.73. The predicted molar refractivity (Wildman–Crippen MR) is 96.5 cm³/mol. The van der Waals surface area contributed by atoms with Crippen molar-refractivity contribution in [2.24, 2.45) is 0 Å². The van der Waals surface area contributed by atoms with Gasteiger partial charge in [0.1, 0.15) is 5.82 Å². The van der Waals surface area contributed by atoms with Crippen LogP contribution in [0.2, 0.25) is 0 Å². The second-order valence-electron chi connectivity index (χ2n) is 6.53. The zero-order chi connectivity index (χ0) is 19.6. The number of piperidine rings is 1. The van der Waals surface area contributed by atoms with Gasteiger partial charge in [-0.2, -0.15) is 0 Å². The lowest BCUT2D eigenvalue weighted by molar-refractivity contribution is -0.132. The first-order valence-electron chi connectivity index (χ1n) is 8.57. The van der Waals surface area contributed by atoms with Gasteiger partial charge in [0.2, 0.25) is 5.91 Å². The predicted octanol–water partition coefficient (Wildman–Crippen LogP) is 2.99. The highest BCUT2D eigenvalue weighted by atomic mass is 19.1. The van der Waals surface area contributed by atoms with Crippen LogP contribution in [0.5, 0.6) is 5.75 Å². The first kappa shape index (κ1) is 18.8. The third kappa shape index (κ3) is 4.07. The molecule has 2 aromatic rings. The number of nitrogens with zero attached hydrogens (tertiary/aromatic N) is 1. The third-order valence-electron chi connectivity index (χ3n) is 4.66. The van der Waals surface area contributed by atoms with E-state index in [9.17, 15) is 18.4 Å². The first-order chi connectivity index (χ1) is 12.9. The Labute approximate surface area is 155 Å². The Bertz CT molecular complexity index is 868. The summed E-state index contributed by atoms with van der Waals surface area (Å²) in [6.07, 6.45) is 1.01. The number of likely N-dealkylation sites (tertiary alicyclic amines) is 1. The number of hydrogen-bond donors (Lipinski definition) is 1. The van der Waals surface area contributed by atoms with Gasteiger partial charge in [-0.3, -0.25) is 9.59 Å². The van der Waals surface area contributed by atoms with Crippen LogP contribution in [-0.2, 0) is 4.79 Å². The molecule has 0 saturated carbocycles. The normalized spacial score (nSPS) is 17.0. The van der Waals surface area contributed by atoms with Gasteiger partial charge >= 0.3 is 0 Å². The molecule has 2 amide bonds. The van der Waals surface area contributed by atoms with E-state index in [4.69, 9.17) is 4.74 Å². The molecule has 1 fully saturated rings. The van der Waals surface area contributed by atoms with Crippen molar-refractivity contribution in [1.29, 1.82) is 0 Å². The van der Waals surface area contributed by atoms with Crippen molar-refractivity contribution < 1.29 is 23.1 Å². The van der Waals surface area contributed by atoms with Gasteiger partial charge in [-0.05, 0) is 30.2 Å². The number of ether oxygens (including phenoxy) is 1. The fourth-order valence-corrected chi connectivity index (χ4v) is 3.11. The summed E-state index contributed by atoms with van der Waals surface area (Å²) in [5.74, 6) is -1.63. The Morgan fingerprint density at radius 1 is 1.19 bits per heavy atom. The number of halogens is 2. The highest BCUT2D eigenvalue weighted by Gasteiger charge is 2.24. The second-order valence-corrected chi connectivity index (χ2v) is 6.53. The van der Waals surface area contributed by atoms with Crippen LogP contribution in [0.15, 0.2) is 36.4 Å². The van der Waals surface area contributed by atoms with Crippen LogP contribution in [0.4, 0.5) is 8.78 Å². The summed E-state index contributed by atoms with van der Waals surface area (Å²) in [5, 5.41) is 2.90. The molecule has 1 atom stereocenters. The molecule has 0 radical (unpaired) electrons. The van der Waals surface area contributed by atoms with Crippen LogP contribution in [0.25, 0.3) is 11.1 Å². The van der Waals surface area contributed by atoms with E-state index < -0.39 is 11.6 Å². The van der Waals surface area contributed by atoms with Crippen LogP contribution in [-0.4, -0.2) is 43.5 Å². The molecule has 7 heteroatoms. The van der Waals surface area contributed by atoms with Gasteiger partial charge in [-0.15, -0.1) is 0 Å². The molecule has 0 aliphatic carbocycles. The van der Waals surface area contributed by atoms with Gasteiger partial charge in [0.15, 0.2) is 11.6 Å². The minimum Gasteiger partial charge on any atom is -0.494 e. The summed E-state index contributed by atoms with van der Waals surface area (Å²) in [7, 11) is 2.98. The summed E-state index contributed by atoms with van der Waals surface area (Å²) in [4.78, 5) is 25.5. The largest absolute Gasteiger partial charge is 0.494 e. The van der Waals surface area contributed by atoms with Crippen molar-refractivity contribution in [3.63, 3.8) is 0 Å². The summed E-state index contributed by atoms with van der Waals surface area (Å²) in [5.41, 5.74) is 0.953. The van der Waals surface area contributed by atoms with E-state index in [1.807, 2.05) is 0 Å². The molecule has 5 nitrogen and oxygen atoms in total. The van der Waals surface area contributed by atoms with E-state index in [1.165, 1.54) is 7.11 Å². The molecule has 2 aromatic carbocycles. The molecule has 1 unspecified atom stereocenters. The molecule has 1 N–H and O–H groups in total. The number of rotatable bonds is 4. The van der Waals surface area contributed by atoms with Gasteiger partial charge in [-0.1, -0.05) is 12.1 Å². The molecule has 1 aliphatic rings. The Morgan fingerprint density at radius 2 is 1.89 bits per heavy atom. The number of benzene rings is 2. The van der Waals surface area contributed by atoms with Gasteiger partial charge in [-0.25, -0.2) is 8.78 Å². The van der Waals surface area contributed by atoms with Crippen molar-refractivity contribution in [1.82, 2.24) is 10.2 Å². The quantitative estimate of drug-likeness (QED) is 0.895. The molecule has 1 saturated heterocycles. The van der Waals surface area contributed by atoms with E-state index in [-0.39, 0.29) is 29.2 Å². The topological polar surface area (TPSA) is 58.6 Å². The molecule has 1 aliphatic heterocycles. The number of carbonyl (C=O) groups excluding carboxylic acids is 2. The average Bonchev–Trinajstić information content (AvgIpc) is 2.66. The van der Waals surface area contributed by atoms with Crippen LogP contribution >= 0.6 is 0 Å². The zero-order valence-electron chi connectivity index (χ0n) is 15.1. The van der Waals surface area contributed by atoms with Crippen molar-refractivity contribution in [2.75, 3.05) is 20.7 Å². The lowest BCUT2D eigenvalue weighted by atomic mass is 10.0. The molecular weight excluding hydrogens is 354 g/mol. The molecular formula is C20H20F2N2O3. The number of hydrogen-bond acceptors (Lipinski definition) is 3. The van der Waals surface area contributed by atoms with Crippen LogP contribution < -0.4 is 10.1 Å². The Balaban J connectivity index is 1.73. The molecule has 142 valence electrons. The molecule has 3 rings (SSSR count). The molecule has 0 bridgehead atoms. The number of likely N-dealkylation sites (N-methyl/N-ethyl adjacent to an activating group) is 1. The van der Waals surface area contributed by atoms with Gasteiger partial charge in [0, 0.05) is 43.2 Å². The first-order valence-corrected chi connectivity index (χ1v) is 8.57. The fourth-order valence-electron chi connectivity index (χ4n) is 3.11. The zero-order valence-corrected chi connectivity index (χ0v) is 15.1. The van der Waals surface area contributed by atoms with E-state index in [1.54, 1.807) is 36.2 Å². The van der Waals surface area contributed by atoms with E-state index >= 15 is 0 Å². The number of nitrogens with one attached hydrogen (secondary N) is 1. The Kier molecular flexibility index (Phi) is 5.39. The SMILES string of the molecule is COc1cc(F)c(-c2ccc(C(=O)NC3CCC(=O)N(C)C3)cc2)cc1F. The highest BCUT2D eigenvalue weighted by molar-refractivity contribution is 5.95. The maximum atomic E-state index is 14.2. The standard InChI is InChI=1S/C20H20F2N2O3/c1-24-11-14(7-8-19(24)25)23-20(26)13-5-3-12(4-6-13)15-9-17(22)18(27-2)10-16(15)21/h3-6,9-10,14H,7-8,11H2,1-2H3,(H,23,26). The number of amides is 2. The highest BCUT2D eigenvalue weighted by Crippen LogP contribution is 2.29. The van der Waals surface area contributed by atoms with Crippen molar-refractivity contribution in [3.05, 3.63) is 53.6 Å². The molecule has 1 heterocycles. The van der Waals surface area contributed by atoms with E-state index in [0.717, 1.165) is 12.1 Å². The number of methoxy groups -OCH3 is 1. The van der Waals surface area contributed by atoms with Crippen LogP contribution in [0.1, 0.15) is 23.2 Å². The van der Waals surface area contributed by atoms with Crippen LogP contribution in [0.3, 0.4) is 0 Å². The van der Waals surface area contributed by atoms with Crippen LogP contribution in [0, 0.1) is 11.6 Å². The van der Waals surface area contributed by atoms with E-state index in [0.29, 0.717) is 30.5 Å². The van der Waals surface area contributed by atoms with Crippen molar-refractivity contribution >= 4 is 11.8 Å². The van der Waals surface area contributed by atoms with Gasteiger partial charge in [0.25, 0.3) is 5.91 Å². The average molecular weight is 374 g/mol. The Morgan fingerprint density at radius 3 is 2.52 bits per heavy atom. The fraction of sp³-hybridized carbons (Fsp3) is 0.300. The molecule has 0 spiro atoms. The minimum absolute atomic E-state index is 0.0682. The number of carbonyl (C=O) groups is 2. The monoisotopic (exact) mass is 374 g/mol. The van der Waals surface area contributed by atoms with Gasteiger partial charge < -0.3 is 15.0 Å². The smallest absolute Gasteiger partial charge is 0.251 e.